The predicted octanol–water partition coefficient (Wildman–Crippen LogP) is 18.2. The molecule has 1 unspecified atom stereocenters. The minimum Gasteiger partial charge on any atom is -0.462 e. The van der Waals surface area contributed by atoms with Gasteiger partial charge in [0.2, 0.25) is 0 Å². The molecule has 1 atom stereocenters. The van der Waals surface area contributed by atoms with E-state index in [1.54, 1.807) is 0 Å². The van der Waals surface area contributed by atoms with Gasteiger partial charge in [0, 0.05) is 19.3 Å². The van der Waals surface area contributed by atoms with Crippen LogP contribution < -0.4 is 0 Å². The summed E-state index contributed by atoms with van der Waals surface area (Å²) in [7, 11) is 0. The first-order valence-corrected chi connectivity index (χ1v) is 27.5. The van der Waals surface area contributed by atoms with Crippen molar-refractivity contribution in [3.63, 3.8) is 0 Å². The molecule has 0 aliphatic carbocycles. The smallest absolute Gasteiger partial charge is 0.306 e. The van der Waals surface area contributed by atoms with Crippen molar-refractivity contribution < 1.29 is 28.6 Å². The van der Waals surface area contributed by atoms with Gasteiger partial charge in [-0.15, -0.1) is 0 Å². The van der Waals surface area contributed by atoms with Crippen LogP contribution in [0, 0.1) is 0 Å². The molecule has 0 radical (unpaired) electrons. The Kier molecular flexibility index (Phi) is 50.9. The van der Waals surface area contributed by atoms with Gasteiger partial charge in [0.15, 0.2) is 6.10 Å². The van der Waals surface area contributed by atoms with E-state index in [0.29, 0.717) is 19.3 Å². The van der Waals surface area contributed by atoms with Crippen LogP contribution in [-0.2, 0) is 28.6 Å². The molecule has 0 heterocycles. The number of rotatable bonds is 49. The van der Waals surface area contributed by atoms with Crippen LogP contribution in [0.5, 0.6) is 0 Å². The van der Waals surface area contributed by atoms with E-state index < -0.39 is 6.10 Å². The summed E-state index contributed by atoms with van der Waals surface area (Å²) in [5, 5.41) is 0. The van der Waals surface area contributed by atoms with E-state index in [-0.39, 0.29) is 31.1 Å². The molecule has 0 spiro atoms. The second-order valence-electron chi connectivity index (χ2n) is 18.1. The van der Waals surface area contributed by atoms with Crippen LogP contribution in [-0.4, -0.2) is 37.2 Å². The number of unbranched alkanes of at least 4 members (excludes halogenated alkanes) is 27. The molecule has 0 bridgehead atoms. The van der Waals surface area contributed by atoms with Gasteiger partial charge < -0.3 is 14.2 Å². The highest BCUT2D eigenvalue weighted by molar-refractivity contribution is 5.71. The fourth-order valence-corrected chi connectivity index (χ4v) is 7.60. The molecule has 374 valence electrons. The number of hydrogen-bond donors (Lipinski definition) is 0. The summed E-state index contributed by atoms with van der Waals surface area (Å²) >= 11 is 0. The second kappa shape index (κ2) is 53.5. The lowest BCUT2D eigenvalue weighted by Gasteiger charge is -2.18. The van der Waals surface area contributed by atoms with Gasteiger partial charge in [0.1, 0.15) is 13.2 Å². The summed E-state index contributed by atoms with van der Waals surface area (Å²) in [5.74, 6) is -0.911. The van der Waals surface area contributed by atoms with Crippen LogP contribution >= 0.6 is 0 Å². The number of allylic oxidation sites excluding steroid dienone is 12. The molecule has 0 rings (SSSR count). The van der Waals surface area contributed by atoms with Crippen LogP contribution in [0.1, 0.15) is 265 Å². The molecule has 6 nitrogen and oxygen atoms in total. The Balaban J connectivity index is 4.38. The van der Waals surface area contributed by atoms with E-state index in [9.17, 15) is 14.4 Å². The number of hydrogen-bond acceptors (Lipinski definition) is 6. The van der Waals surface area contributed by atoms with Crippen LogP contribution in [0.25, 0.3) is 0 Å². The van der Waals surface area contributed by atoms with Crippen molar-refractivity contribution in [3.05, 3.63) is 72.9 Å². The van der Waals surface area contributed by atoms with E-state index in [0.717, 1.165) is 109 Å². The van der Waals surface area contributed by atoms with Gasteiger partial charge in [-0.2, -0.15) is 0 Å². The van der Waals surface area contributed by atoms with E-state index >= 15 is 0 Å². The molecule has 0 aromatic rings. The highest BCUT2D eigenvalue weighted by atomic mass is 16.6. The van der Waals surface area contributed by atoms with Crippen molar-refractivity contribution in [1.82, 2.24) is 0 Å². The fourth-order valence-electron chi connectivity index (χ4n) is 7.60. The zero-order valence-electron chi connectivity index (χ0n) is 42.7. The van der Waals surface area contributed by atoms with Crippen LogP contribution in [0.2, 0.25) is 0 Å². The minimum atomic E-state index is -0.787. The minimum absolute atomic E-state index is 0.0850. The predicted molar refractivity (Wildman–Crippen MR) is 279 cm³/mol. The Hall–Kier alpha value is -3.15. The summed E-state index contributed by atoms with van der Waals surface area (Å²) in [6.45, 7) is 6.49. The second-order valence-corrected chi connectivity index (χ2v) is 18.1. The summed E-state index contributed by atoms with van der Waals surface area (Å²) in [6, 6.07) is 0. The standard InChI is InChI=1S/C59H102O6/c1-4-7-10-13-16-19-22-24-26-28-30-32-33-35-37-40-43-46-49-52-58(61)64-55-56(54-63-57(60)51-48-45-42-39-21-18-15-12-9-6-3)65-59(62)53-50-47-44-41-38-36-34-31-29-27-25-23-20-17-14-11-8-5-2/h7,10,16,19,24,26-27,29-32,34,56H,4-6,8-9,11-15,17-18,20-23,25,28,33,35-55H2,1-3H3/b10-7-,19-16-,26-24-,29-27-,32-30-,34-31-. The normalized spacial score (nSPS) is 12.6. The third-order valence-electron chi connectivity index (χ3n) is 11.7. The number of esters is 3. The molecule has 0 saturated heterocycles. The summed E-state index contributed by atoms with van der Waals surface area (Å²) in [5.41, 5.74) is 0. The van der Waals surface area contributed by atoms with E-state index in [4.69, 9.17) is 14.2 Å². The van der Waals surface area contributed by atoms with E-state index in [2.05, 4.69) is 93.7 Å². The van der Waals surface area contributed by atoms with Crippen molar-refractivity contribution in [2.75, 3.05) is 13.2 Å². The SMILES string of the molecule is CC/C=C\C/C=C\C/C=C\C/C=C\CCCCCCCCC(=O)OCC(COC(=O)CCCCCCCCCCCC)OC(=O)CCCCCCC/C=C\C=C/CCCCCCCCC. The first kappa shape index (κ1) is 61.9. The lowest BCUT2D eigenvalue weighted by atomic mass is 10.1. The number of carbonyl (C=O) groups excluding carboxylic acids is 3. The Morgan fingerprint density at radius 2 is 0.646 bits per heavy atom. The monoisotopic (exact) mass is 907 g/mol. The van der Waals surface area contributed by atoms with Crippen LogP contribution in [0.3, 0.4) is 0 Å². The van der Waals surface area contributed by atoms with E-state index in [1.807, 2.05) is 0 Å². The van der Waals surface area contributed by atoms with Crippen LogP contribution in [0.4, 0.5) is 0 Å². The van der Waals surface area contributed by atoms with Crippen molar-refractivity contribution in [1.29, 1.82) is 0 Å². The highest BCUT2D eigenvalue weighted by Crippen LogP contribution is 2.15. The quantitative estimate of drug-likeness (QED) is 0.0199. The average Bonchev–Trinajstić information content (AvgIpc) is 3.30. The number of carbonyl (C=O) groups is 3. The highest BCUT2D eigenvalue weighted by Gasteiger charge is 2.19. The molecular formula is C59H102O6. The van der Waals surface area contributed by atoms with Gasteiger partial charge in [-0.1, -0.05) is 235 Å². The molecule has 0 aliphatic heterocycles. The van der Waals surface area contributed by atoms with Crippen LogP contribution in [0.15, 0.2) is 72.9 Å². The Morgan fingerprint density at radius 1 is 0.338 bits per heavy atom. The average molecular weight is 907 g/mol. The third kappa shape index (κ3) is 51.7. The van der Waals surface area contributed by atoms with Crippen molar-refractivity contribution in [2.45, 2.75) is 271 Å². The molecule has 0 aliphatic rings. The molecule has 65 heavy (non-hydrogen) atoms. The molecule has 0 fully saturated rings. The fraction of sp³-hybridized carbons (Fsp3) is 0.746. The molecule has 0 amide bonds. The summed E-state index contributed by atoms with van der Waals surface area (Å²) in [6.07, 6.45) is 67.4. The maximum Gasteiger partial charge on any atom is 0.306 e. The van der Waals surface area contributed by atoms with Gasteiger partial charge in [0.25, 0.3) is 0 Å². The largest absolute Gasteiger partial charge is 0.462 e. The molecule has 0 saturated carbocycles. The first-order chi connectivity index (χ1) is 32.0. The van der Waals surface area contributed by atoms with Crippen molar-refractivity contribution in [3.8, 4) is 0 Å². The van der Waals surface area contributed by atoms with Crippen molar-refractivity contribution in [2.24, 2.45) is 0 Å². The maximum atomic E-state index is 12.8. The molecule has 6 heteroatoms. The third-order valence-corrected chi connectivity index (χ3v) is 11.7. The maximum absolute atomic E-state index is 12.8. The number of ether oxygens (including phenoxy) is 3. The van der Waals surface area contributed by atoms with Gasteiger partial charge in [-0.25, -0.2) is 0 Å². The lowest BCUT2D eigenvalue weighted by molar-refractivity contribution is -0.167. The molecular weight excluding hydrogens is 805 g/mol. The Bertz CT molecular complexity index is 1230. The first-order valence-electron chi connectivity index (χ1n) is 27.5. The zero-order valence-corrected chi connectivity index (χ0v) is 42.7. The zero-order chi connectivity index (χ0) is 47.2. The van der Waals surface area contributed by atoms with Crippen molar-refractivity contribution >= 4 is 17.9 Å². The summed E-state index contributed by atoms with van der Waals surface area (Å²) in [4.78, 5) is 38.0. The Morgan fingerprint density at radius 3 is 1.03 bits per heavy atom. The van der Waals surface area contributed by atoms with Gasteiger partial charge >= 0.3 is 17.9 Å². The molecule has 0 N–H and O–H groups in total. The molecule has 0 aromatic heterocycles. The van der Waals surface area contributed by atoms with Gasteiger partial charge in [-0.05, 0) is 83.5 Å². The lowest BCUT2D eigenvalue weighted by Crippen LogP contribution is -2.30. The summed E-state index contributed by atoms with van der Waals surface area (Å²) < 4.78 is 16.8. The van der Waals surface area contributed by atoms with Gasteiger partial charge in [-0.3, -0.25) is 14.4 Å². The molecule has 0 aromatic carbocycles. The van der Waals surface area contributed by atoms with E-state index in [1.165, 1.54) is 116 Å². The Labute approximate surface area is 402 Å². The topological polar surface area (TPSA) is 78.9 Å². The van der Waals surface area contributed by atoms with Gasteiger partial charge in [0.05, 0.1) is 0 Å².